The number of amides is 1. The number of nitrogen functional groups attached to an aromatic ring is 1. The van der Waals surface area contributed by atoms with Gasteiger partial charge >= 0.3 is 5.97 Å². The van der Waals surface area contributed by atoms with Crippen LogP contribution in [0.3, 0.4) is 0 Å². The highest BCUT2D eigenvalue weighted by molar-refractivity contribution is 6.02. The van der Waals surface area contributed by atoms with E-state index in [1.807, 2.05) is 54.6 Å². The molecule has 7 heteroatoms. The lowest BCUT2D eigenvalue weighted by Crippen LogP contribution is -2.50. The Morgan fingerprint density at radius 3 is 2.36 bits per heavy atom. The van der Waals surface area contributed by atoms with E-state index in [4.69, 9.17) is 11.5 Å². The molecular formula is C29H31N3O4. The number of aliphatic carboxylic acids is 1. The second-order valence-electron chi connectivity index (χ2n) is 9.31. The molecule has 0 aliphatic carbocycles. The minimum atomic E-state index is -1.03. The van der Waals surface area contributed by atoms with Crippen molar-refractivity contribution in [2.75, 3.05) is 12.3 Å². The zero-order valence-corrected chi connectivity index (χ0v) is 20.0. The maximum Gasteiger partial charge on any atom is 0.304 e. The van der Waals surface area contributed by atoms with Crippen molar-refractivity contribution in [3.63, 3.8) is 0 Å². The minimum absolute atomic E-state index is 0.243. The fourth-order valence-corrected chi connectivity index (χ4v) is 4.95. The third-order valence-corrected chi connectivity index (χ3v) is 6.77. The molecule has 1 saturated heterocycles. The van der Waals surface area contributed by atoms with E-state index in [1.165, 1.54) is 0 Å². The van der Waals surface area contributed by atoms with Crippen molar-refractivity contribution in [2.45, 2.75) is 37.8 Å². The molecule has 3 aromatic rings. The minimum Gasteiger partial charge on any atom is -0.481 e. The van der Waals surface area contributed by atoms with Gasteiger partial charge in [-0.05, 0) is 54.2 Å². The van der Waals surface area contributed by atoms with Crippen LogP contribution in [-0.4, -0.2) is 46.3 Å². The van der Waals surface area contributed by atoms with E-state index in [-0.39, 0.29) is 24.5 Å². The highest BCUT2D eigenvalue weighted by atomic mass is 16.4. The Hall–Kier alpha value is -3.97. The van der Waals surface area contributed by atoms with Gasteiger partial charge in [0.1, 0.15) is 0 Å². The molecule has 5 N–H and O–H groups in total. The summed E-state index contributed by atoms with van der Waals surface area (Å²) in [7, 11) is 0. The van der Waals surface area contributed by atoms with Crippen LogP contribution in [0.4, 0.5) is 5.69 Å². The third-order valence-electron chi connectivity index (χ3n) is 6.77. The molecule has 0 spiro atoms. The van der Waals surface area contributed by atoms with Gasteiger partial charge in [0.05, 0.1) is 24.4 Å². The fourth-order valence-electron chi connectivity index (χ4n) is 4.95. The van der Waals surface area contributed by atoms with E-state index in [1.54, 1.807) is 29.2 Å². The standard InChI is InChI=1S/C29H31N3O4/c30-24-13-5-11-21(16-24)20-10-4-12-22(15-20)28(35)27(31)25-17-23(18-26(33)34)29(36)32(25)14-6-9-19-7-2-1-3-8-19/h1-5,7-8,10-13,15-16,23,25,27H,6,9,14,17-18,30-31H2,(H,33,34)/t23-,25-,27?/m0/s1. The Labute approximate surface area is 210 Å². The number of hydrogen-bond acceptors (Lipinski definition) is 5. The number of rotatable bonds is 10. The van der Waals surface area contributed by atoms with Gasteiger partial charge < -0.3 is 21.5 Å². The molecule has 1 amide bonds. The molecule has 1 unspecified atom stereocenters. The number of nitrogens with zero attached hydrogens (tertiary/aromatic N) is 1. The van der Waals surface area contributed by atoms with Crippen LogP contribution in [0.5, 0.6) is 0 Å². The first-order valence-corrected chi connectivity index (χ1v) is 12.2. The van der Waals surface area contributed by atoms with E-state index in [9.17, 15) is 19.5 Å². The van der Waals surface area contributed by atoms with Crippen LogP contribution in [0.1, 0.15) is 35.2 Å². The number of ketones is 1. The molecule has 186 valence electrons. The van der Waals surface area contributed by atoms with Gasteiger partial charge in [0.25, 0.3) is 0 Å². The summed E-state index contributed by atoms with van der Waals surface area (Å²) in [5.41, 5.74) is 16.3. The molecular weight excluding hydrogens is 454 g/mol. The number of carbonyl (C=O) groups is 3. The maximum atomic E-state index is 13.5. The van der Waals surface area contributed by atoms with Gasteiger partial charge in [-0.25, -0.2) is 0 Å². The molecule has 0 saturated carbocycles. The number of hydrogen-bond donors (Lipinski definition) is 3. The number of carboxylic acid groups (broad SMARTS) is 1. The Morgan fingerprint density at radius 1 is 0.972 bits per heavy atom. The first kappa shape index (κ1) is 25.1. The molecule has 0 aromatic heterocycles. The predicted octanol–water partition coefficient (Wildman–Crippen LogP) is 3.77. The summed E-state index contributed by atoms with van der Waals surface area (Å²) in [6, 6.07) is 23.0. The van der Waals surface area contributed by atoms with Gasteiger partial charge in [-0.2, -0.15) is 0 Å². The molecule has 1 fully saturated rings. The quantitative estimate of drug-likeness (QED) is 0.296. The van der Waals surface area contributed by atoms with Crippen molar-refractivity contribution in [1.82, 2.24) is 4.90 Å². The van der Waals surface area contributed by atoms with E-state index in [2.05, 4.69) is 0 Å². The topological polar surface area (TPSA) is 127 Å². The van der Waals surface area contributed by atoms with Crippen LogP contribution >= 0.6 is 0 Å². The highest BCUT2D eigenvalue weighted by Crippen LogP contribution is 2.31. The number of aryl methyl sites for hydroxylation is 1. The largest absolute Gasteiger partial charge is 0.481 e. The fraction of sp³-hybridized carbons (Fsp3) is 0.276. The summed E-state index contributed by atoms with van der Waals surface area (Å²) >= 11 is 0. The Balaban J connectivity index is 1.52. The van der Waals surface area contributed by atoms with E-state index in [0.29, 0.717) is 24.2 Å². The van der Waals surface area contributed by atoms with Gasteiger partial charge in [0.2, 0.25) is 5.91 Å². The number of nitrogens with two attached hydrogens (primary N) is 2. The Bertz CT molecular complexity index is 1240. The van der Waals surface area contributed by atoms with Crippen molar-refractivity contribution in [1.29, 1.82) is 0 Å². The molecule has 3 aromatic carbocycles. The molecule has 1 aliphatic heterocycles. The first-order chi connectivity index (χ1) is 17.3. The Kier molecular flexibility index (Phi) is 7.80. The summed E-state index contributed by atoms with van der Waals surface area (Å²) in [6.45, 7) is 0.416. The lowest BCUT2D eigenvalue weighted by atomic mass is 9.92. The summed E-state index contributed by atoms with van der Waals surface area (Å²) < 4.78 is 0. The molecule has 0 radical (unpaired) electrons. The van der Waals surface area contributed by atoms with Crippen LogP contribution in [0.15, 0.2) is 78.9 Å². The SMILES string of the molecule is Nc1cccc(-c2cccc(C(=O)C(N)[C@@H]3C[C@@H](CC(=O)O)C(=O)N3CCCc3ccccc3)c2)c1. The molecule has 0 bridgehead atoms. The van der Waals surface area contributed by atoms with Crippen LogP contribution in [-0.2, 0) is 16.0 Å². The summed E-state index contributed by atoms with van der Waals surface area (Å²) in [5, 5.41) is 9.30. The van der Waals surface area contributed by atoms with Crippen LogP contribution in [0.2, 0.25) is 0 Å². The van der Waals surface area contributed by atoms with Gasteiger partial charge in [-0.3, -0.25) is 14.4 Å². The number of anilines is 1. The van der Waals surface area contributed by atoms with Crippen LogP contribution in [0.25, 0.3) is 11.1 Å². The van der Waals surface area contributed by atoms with Crippen molar-refractivity contribution in [3.8, 4) is 11.1 Å². The first-order valence-electron chi connectivity index (χ1n) is 12.2. The van der Waals surface area contributed by atoms with Crippen LogP contribution in [0, 0.1) is 5.92 Å². The monoisotopic (exact) mass is 485 g/mol. The van der Waals surface area contributed by atoms with Gasteiger partial charge in [0.15, 0.2) is 5.78 Å². The average Bonchev–Trinajstić information content (AvgIpc) is 3.18. The second kappa shape index (κ2) is 11.2. The summed E-state index contributed by atoms with van der Waals surface area (Å²) in [5.74, 6) is -2.23. The van der Waals surface area contributed by atoms with Crippen molar-refractivity contribution in [3.05, 3.63) is 90.0 Å². The average molecular weight is 486 g/mol. The lowest BCUT2D eigenvalue weighted by molar-refractivity contribution is -0.142. The van der Waals surface area contributed by atoms with E-state index < -0.39 is 24.0 Å². The van der Waals surface area contributed by atoms with E-state index >= 15 is 0 Å². The van der Waals surface area contributed by atoms with Gasteiger partial charge in [-0.1, -0.05) is 60.7 Å². The van der Waals surface area contributed by atoms with Crippen molar-refractivity contribution < 1.29 is 19.5 Å². The third kappa shape index (κ3) is 5.80. The number of carbonyl (C=O) groups excluding carboxylic acids is 2. The molecule has 4 rings (SSSR count). The van der Waals surface area contributed by atoms with Gasteiger partial charge in [0, 0.05) is 17.8 Å². The maximum absolute atomic E-state index is 13.5. The zero-order valence-electron chi connectivity index (χ0n) is 20.0. The normalized spacial score (nSPS) is 18.2. The number of benzene rings is 3. The highest BCUT2D eigenvalue weighted by Gasteiger charge is 2.44. The number of likely N-dealkylation sites (tertiary alicyclic amines) is 1. The van der Waals surface area contributed by atoms with E-state index in [0.717, 1.165) is 23.1 Å². The summed E-state index contributed by atoms with van der Waals surface area (Å²) in [4.78, 5) is 39.5. The van der Waals surface area contributed by atoms with Crippen molar-refractivity contribution in [2.24, 2.45) is 11.7 Å². The van der Waals surface area contributed by atoms with Gasteiger partial charge in [-0.15, -0.1) is 0 Å². The second-order valence-corrected chi connectivity index (χ2v) is 9.31. The van der Waals surface area contributed by atoms with Crippen LogP contribution < -0.4 is 11.5 Å². The number of carboxylic acids is 1. The molecule has 1 heterocycles. The zero-order chi connectivity index (χ0) is 25.7. The molecule has 3 atom stereocenters. The predicted molar refractivity (Wildman–Crippen MR) is 139 cm³/mol. The molecule has 1 aliphatic rings. The Morgan fingerprint density at radius 2 is 1.67 bits per heavy atom. The smallest absolute Gasteiger partial charge is 0.304 e. The summed E-state index contributed by atoms with van der Waals surface area (Å²) in [6.07, 6.45) is 1.44. The molecule has 7 nitrogen and oxygen atoms in total. The lowest BCUT2D eigenvalue weighted by Gasteiger charge is -2.29. The number of Topliss-reactive ketones (excluding diaryl/α,β-unsaturated/α-hetero) is 1. The van der Waals surface area contributed by atoms with Crippen molar-refractivity contribution >= 4 is 23.3 Å². The molecule has 36 heavy (non-hydrogen) atoms.